The van der Waals surface area contributed by atoms with E-state index < -0.39 is 5.41 Å². The summed E-state index contributed by atoms with van der Waals surface area (Å²) in [6.45, 7) is 1.63. The van der Waals surface area contributed by atoms with E-state index in [4.69, 9.17) is 4.74 Å². The lowest BCUT2D eigenvalue weighted by atomic mass is 9.76. The second kappa shape index (κ2) is 7.81. The largest absolute Gasteiger partial charge is 0.488 e. The van der Waals surface area contributed by atoms with Crippen molar-refractivity contribution >= 4 is 11.6 Å². The number of nitrogens with one attached hydrogen (secondary N) is 1. The molecule has 1 N–H and O–H groups in total. The molecule has 1 amide bonds. The number of anilines is 1. The highest BCUT2D eigenvalue weighted by atomic mass is 16.5. The van der Waals surface area contributed by atoms with Crippen LogP contribution in [0.3, 0.4) is 0 Å². The predicted octanol–water partition coefficient (Wildman–Crippen LogP) is 4.60. The van der Waals surface area contributed by atoms with E-state index in [0.29, 0.717) is 32.5 Å². The Balaban J connectivity index is 1.41. The van der Waals surface area contributed by atoms with Gasteiger partial charge in [-0.25, -0.2) is 0 Å². The van der Waals surface area contributed by atoms with E-state index in [1.54, 1.807) is 4.90 Å². The molecule has 1 atom stereocenters. The number of nitrogens with zero attached hydrogens (tertiary/aromatic N) is 2. The molecule has 1 fully saturated rings. The highest BCUT2D eigenvalue weighted by Crippen LogP contribution is 2.42. The van der Waals surface area contributed by atoms with E-state index in [1.165, 1.54) is 0 Å². The van der Waals surface area contributed by atoms with Crippen molar-refractivity contribution in [3.05, 3.63) is 83.9 Å². The van der Waals surface area contributed by atoms with E-state index in [2.05, 4.69) is 23.6 Å². The number of carbonyl (C=O) groups is 1. The molecule has 5 nitrogen and oxygen atoms in total. The quantitative estimate of drug-likeness (QED) is 0.640. The van der Waals surface area contributed by atoms with Crippen LogP contribution in [0.25, 0.3) is 11.1 Å². The predicted molar refractivity (Wildman–Crippen MR) is 119 cm³/mol. The van der Waals surface area contributed by atoms with Crippen LogP contribution in [0.1, 0.15) is 17.5 Å². The molecule has 1 saturated heterocycles. The molecule has 31 heavy (non-hydrogen) atoms. The third kappa shape index (κ3) is 3.62. The molecule has 2 aliphatic rings. The fourth-order valence-corrected chi connectivity index (χ4v) is 4.57. The van der Waals surface area contributed by atoms with Crippen molar-refractivity contribution in [2.75, 3.05) is 18.4 Å². The highest BCUT2D eigenvalue weighted by Gasteiger charge is 2.47. The lowest BCUT2D eigenvalue weighted by Crippen LogP contribution is -2.43. The number of rotatable bonds is 4. The minimum Gasteiger partial charge on any atom is -0.488 e. The first-order chi connectivity index (χ1) is 15.2. The Hall–Kier alpha value is -3.78. The SMILES string of the molecule is N#CN1CCC2(Cc3ccc(-c4ccccc4OCc4ccccc4)cc3NC2=O)C1. The Morgan fingerprint density at radius 1 is 1.06 bits per heavy atom. The zero-order valence-corrected chi connectivity index (χ0v) is 17.2. The Labute approximate surface area is 181 Å². The molecule has 2 aliphatic heterocycles. The Kier molecular flexibility index (Phi) is 4.83. The summed E-state index contributed by atoms with van der Waals surface area (Å²) < 4.78 is 6.12. The van der Waals surface area contributed by atoms with Gasteiger partial charge in [0.1, 0.15) is 12.4 Å². The Morgan fingerprint density at radius 2 is 1.87 bits per heavy atom. The van der Waals surface area contributed by atoms with Gasteiger partial charge in [-0.05, 0) is 41.7 Å². The molecule has 1 spiro atoms. The standard InChI is InChI=1S/C26H23N3O2/c27-18-29-13-12-26(17-29)15-21-11-10-20(14-23(21)28-25(26)30)22-8-4-5-9-24(22)31-16-19-6-2-1-3-7-19/h1-11,14H,12-13,15-17H2,(H,28,30). The van der Waals surface area contributed by atoms with Crippen molar-refractivity contribution in [2.45, 2.75) is 19.4 Å². The summed E-state index contributed by atoms with van der Waals surface area (Å²) >= 11 is 0. The van der Waals surface area contributed by atoms with Crippen LogP contribution in [-0.4, -0.2) is 23.9 Å². The monoisotopic (exact) mass is 409 g/mol. The van der Waals surface area contributed by atoms with Crippen LogP contribution in [0.15, 0.2) is 72.8 Å². The third-order valence-electron chi connectivity index (χ3n) is 6.30. The number of fused-ring (bicyclic) bond motifs is 1. The highest BCUT2D eigenvalue weighted by molar-refractivity contribution is 5.99. The molecule has 3 aromatic carbocycles. The maximum atomic E-state index is 12.9. The summed E-state index contributed by atoms with van der Waals surface area (Å²) in [5.74, 6) is 0.828. The summed E-state index contributed by atoms with van der Waals surface area (Å²) in [4.78, 5) is 14.6. The van der Waals surface area contributed by atoms with Gasteiger partial charge in [0, 0.05) is 24.3 Å². The molecule has 0 aromatic heterocycles. The number of ether oxygens (including phenoxy) is 1. The average Bonchev–Trinajstić information content (AvgIpc) is 3.23. The number of amides is 1. The van der Waals surface area contributed by atoms with Gasteiger partial charge in [-0.3, -0.25) is 4.79 Å². The van der Waals surface area contributed by atoms with Crippen LogP contribution >= 0.6 is 0 Å². The second-order valence-electron chi connectivity index (χ2n) is 8.33. The van der Waals surface area contributed by atoms with E-state index >= 15 is 0 Å². The Bertz CT molecular complexity index is 1170. The minimum atomic E-state index is -0.499. The van der Waals surface area contributed by atoms with Crippen molar-refractivity contribution in [1.29, 1.82) is 5.26 Å². The van der Waals surface area contributed by atoms with Gasteiger partial charge in [-0.15, -0.1) is 0 Å². The Morgan fingerprint density at radius 3 is 2.68 bits per heavy atom. The first-order valence-corrected chi connectivity index (χ1v) is 10.5. The molecule has 0 radical (unpaired) electrons. The van der Waals surface area contributed by atoms with Crippen LogP contribution in [0.4, 0.5) is 5.69 Å². The first kappa shape index (κ1) is 19.2. The molecule has 5 heteroatoms. The van der Waals surface area contributed by atoms with Gasteiger partial charge in [-0.2, -0.15) is 5.26 Å². The number of para-hydroxylation sites is 1. The molecule has 1 unspecified atom stereocenters. The van der Waals surface area contributed by atoms with Gasteiger partial charge in [0.2, 0.25) is 5.91 Å². The second-order valence-corrected chi connectivity index (χ2v) is 8.33. The molecule has 5 rings (SSSR count). The van der Waals surface area contributed by atoms with Crippen molar-refractivity contribution in [2.24, 2.45) is 5.41 Å². The van der Waals surface area contributed by atoms with Crippen LogP contribution in [-0.2, 0) is 17.8 Å². The summed E-state index contributed by atoms with van der Waals surface area (Å²) in [6, 6.07) is 24.3. The number of nitriles is 1. The molecule has 2 heterocycles. The normalized spacial score (nSPS) is 19.6. The minimum absolute atomic E-state index is 0.0171. The van der Waals surface area contributed by atoms with Crippen LogP contribution < -0.4 is 10.1 Å². The van der Waals surface area contributed by atoms with E-state index in [9.17, 15) is 10.1 Å². The van der Waals surface area contributed by atoms with Gasteiger partial charge in [-0.1, -0.05) is 60.7 Å². The molecule has 154 valence electrons. The maximum Gasteiger partial charge on any atom is 0.232 e. The lowest BCUT2D eigenvalue weighted by molar-refractivity contribution is -0.125. The molecular weight excluding hydrogens is 386 g/mol. The van der Waals surface area contributed by atoms with Crippen LogP contribution in [0.5, 0.6) is 5.75 Å². The molecule has 0 bridgehead atoms. The van der Waals surface area contributed by atoms with Crippen LogP contribution in [0, 0.1) is 16.9 Å². The number of hydrogen-bond donors (Lipinski definition) is 1. The van der Waals surface area contributed by atoms with E-state index in [-0.39, 0.29) is 5.91 Å². The fraction of sp³-hybridized carbons (Fsp3) is 0.231. The number of likely N-dealkylation sites (tertiary alicyclic amines) is 1. The smallest absolute Gasteiger partial charge is 0.232 e. The fourth-order valence-electron chi connectivity index (χ4n) is 4.57. The van der Waals surface area contributed by atoms with Crippen molar-refractivity contribution in [3.8, 4) is 23.1 Å². The number of hydrogen-bond acceptors (Lipinski definition) is 4. The zero-order chi connectivity index (χ0) is 21.3. The van der Waals surface area contributed by atoms with Gasteiger partial charge >= 0.3 is 0 Å². The van der Waals surface area contributed by atoms with Crippen molar-refractivity contribution < 1.29 is 9.53 Å². The molecular formula is C26H23N3O2. The van der Waals surface area contributed by atoms with E-state index in [1.807, 2.05) is 60.7 Å². The molecule has 0 saturated carbocycles. The van der Waals surface area contributed by atoms with Crippen molar-refractivity contribution in [1.82, 2.24) is 4.90 Å². The third-order valence-corrected chi connectivity index (χ3v) is 6.30. The summed E-state index contributed by atoms with van der Waals surface area (Å²) in [6.07, 6.45) is 3.56. The van der Waals surface area contributed by atoms with Crippen molar-refractivity contribution in [3.63, 3.8) is 0 Å². The van der Waals surface area contributed by atoms with Gasteiger partial charge < -0.3 is 15.0 Å². The average molecular weight is 409 g/mol. The number of benzene rings is 3. The molecule has 3 aromatic rings. The van der Waals surface area contributed by atoms with Gasteiger partial charge in [0.15, 0.2) is 6.19 Å². The van der Waals surface area contributed by atoms with E-state index in [0.717, 1.165) is 33.7 Å². The molecule has 0 aliphatic carbocycles. The van der Waals surface area contributed by atoms with Crippen LogP contribution in [0.2, 0.25) is 0 Å². The zero-order valence-electron chi connectivity index (χ0n) is 17.2. The summed E-state index contributed by atoms with van der Waals surface area (Å²) in [5, 5.41) is 12.3. The summed E-state index contributed by atoms with van der Waals surface area (Å²) in [5.41, 5.74) is 4.58. The maximum absolute atomic E-state index is 12.9. The van der Waals surface area contributed by atoms with Gasteiger partial charge in [0.25, 0.3) is 0 Å². The lowest BCUT2D eigenvalue weighted by Gasteiger charge is -2.33. The summed E-state index contributed by atoms with van der Waals surface area (Å²) in [7, 11) is 0. The first-order valence-electron chi connectivity index (χ1n) is 10.5. The van der Waals surface area contributed by atoms with Gasteiger partial charge in [0.05, 0.1) is 5.41 Å². The topological polar surface area (TPSA) is 65.4 Å². The number of carbonyl (C=O) groups excluding carboxylic acids is 1.